The first kappa shape index (κ1) is 11.5. The molecule has 4 heteroatoms. The lowest BCUT2D eigenvalue weighted by Crippen LogP contribution is -2.09. The van der Waals surface area contributed by atoms with E-state index in [1.165, 1.54) is 23.7 Å². The number of benzene rings is 1. The van der Waals surface area contributed by atoms with Gasteiger partial charge >= 0.3 is 0 Å². The van der Waals surface area contributed by atoms with Gasteiger partial charge in [-0.05, 0) is 39.0 Å². The summed E-state index contributed by atoms with van der Waals surface area (Å²) in [4.78, 5) is 11.5. The molecule has 0 unspecified atom stereocenters. The number of ketones is 1. The van der Waals surface area contributed by atoms with Crippen molar-refractivity contribution in [3.05, 3.63) is 47.0 Å². The number of halogens is 1. The van der Waals surface area contributed by atoms with Crippen molar-refractivity contribution in [1.29, 1.82) is 0 Å². The first-order valence-corrected chi connectivity index (χ1v) is 5.34. The quantitative estimate of drug-likeness (QED) is 0.746. The lowest BCUT2D eigenvalue weighted by molar-refractivity contribution is 0.101. The zero-order chi connectivity index (χ0) is 12.6. The van der Waals surface area contributed by atoms with Crippen LogP contribution in [0.5, 0.6) is 0 Å². The van der Waals surface area contributed by atoms with Crippen molar-refractivity contribution in [3.8, 4) is 5.69 Å². The Kier molecular flexibility index (Phi) is 2.79. The molecule has 0 amide bonds. The van der Waals surface area contributed by atoms with E-state index in [-0.39, 0.29) is 11.5 Å². The van der Waals surface area contributed by atoms with Crippen molar-refractivity contribution in [2.24, 2.45) is 0 Å². The van der Waals surface area contributed by atoms with Gasteiger partial charge in [0, 0.05) is 11.3 Å². The van der Waals surface area contributed by atoms with Gasteiger partial charge in [0.1, 0.15) is 11.5 Å². The summed E-state index contributed by atoms with van der Waals surface area (Å²) < 4.78 is 15.3. The molecule has 0 bridgehead atoms. The summed E-state index contributed by atoms with van der Waals surface area (Å²) in [5, 5.41) is 4.21. The van der Waals surface area contributed by atoms with E-state index in [1.807, 2.05) is 19.9 Å². The van der Waals surface area contributed by atoms with Crippen LogP contribution in [0.15, 0.2) is 24.3 Å². The van der Waals surface area contributed by atoms with E-state index in [9.17, 15) is 9.18 Å². The highest BCUT2D eigenvalue weighted by Crippen LogP contribution is 2.20. The van der Waals surface area contributed by atoms with E-state index in [0.717, 1.165) is 11.4 Å². The average molecular weight is 232 g/mol. The molecule has 0 aliphatic heterocycles. The molecule has 0 saturated carbocycles. The van der Waals surface area contributed by atoms with E-state index in [4.69, 9.17) is 0 Å². The maximum Gasteiger partial charge on any atom is 0.162 e. The van der Waals surface area contributed by atoms with Crippen LogP contribution in [-0.2, 0) is 0 Å². The van der Waals surface area contributed by atoms with Gasteiger partial charge in [0.05, 0.1) is 5.69 Å². The highest BCUT2D eigenvalue weighted by Gasteiger charge is 2.16. The Morgan fingerprint density at radius 2 is 2.06 bits per heavy atom. The number of Topliss-reactive ketones (excluding diaryl/α,β-unsaturated/α-hetero) is 1. The molecule has 1 aromatic heterocycles. The zero-order valence-corrected chi connectivity index (χ0v) is 9.99. The molecule has 1 aromatic carbocycles. The van der Waals surface area contributed by atoms with E-state index in [2.05, 4.69) is 5.10 Å². The molecular formula is C13H13FN2O. The van der Waals surface area contributed by atoms with Crippen molar-refractivity contribution in [3.63, 3.8) is 0 Å². The number of para-hydroxylation sites is 1. The predicted molar refractivity (Wildman–Crippen MR) is 63.0 cm³/mol. The molecule has 0 atom stereocenters. The van der Waals surface area contributed by atoms with Crippen molar-refractivity contribution in [2.45, 2.75) is 20.8 Å². The summed E-state index contributed by atoms with van der Waals surface area (Å²) in [7, 11) is 0. The maximum atomic E-state index is 13.9. The third kappa shape index (κ3) is 1.98. The largest absolute Gasteiger partial charge is 0.294 e. The summed E-state index contributed by atoms with van der Waals surface area (Å²) in [6.07, 6.45) is 0. The third-order valence-electron chi connectivity index (χ3n) is 2.59. The smallest absolute Gasteiger partial charge is 0.162 e. The van der Waals surface area contributed by atoms with Crippen LogP contribution in [0.25, 0.3) is 5.69 Å². The van der Waals surface area contributed by atoms with Crippen LogP contribution >= 0.6 is 0 Å². The van der Waals surface area contributed by atoms with Crippen molar-refractivity contribution in [1.82, 2.24) is 9.78 Å². The summed E-state index contributed by atoms with van der Waals surface area (Å²) in [5.41, 5.74) is 2.16. The van der Waals surface area contributed by atoms with Gasteiger partial charge in [0.25, 0.3) is 0 Å². The second kappa shape index (κ2) is 4.13. The van der Waals surface area contributed by atoms with Crippen LogP contribution in [0.4, 0.5) is 4.39 Å². The highest BCUT2D eigenvalue weighted by atomic mass is 19.1. The van der Waals surface area contributed by atoms with E-state index in [0.29, 0.717) is 5.56 Å². The minimum absolute atomic E-state index is 0.174. The van der Waals surface area contributed by atoms with Crippen LogP contribution in [0.3, 0.4) is 0 Å². The normalized spacial score (nSPS) is 10.6. The van der Waals surface area contributed by atoms with E-state index >= 15 is 0 Å². The zero-order valence-electron chi connectivity index (χ0n) is 9.99. The number of rotatable bonds is 2. The number of nitrogens with zero attached hydrogens (tertiary/aromatic N) is 2. The maximum absolute atomic E-state index is 13.9. The van der Waals surface area contributed by atoms with Gasteiger partial charge in [0.2, 0.25) is 0 Å². The molecule has 0 N–H and O–H groups in total. The number of hydrogen-bond donors (Lipinski definition) is 0. The summed E-state index contributed by atoms with van der Waals surface area (Å²) >= 11 is 0. The Bertz CT molecular complexity index is 587. The highest BCUT2D eigenvalue weighted by molar-refractivity contribution is 5.97. The second-order valence-corrected chi connectivity index (χ2v) is 4.03. The van der Waals surface area contributed by atoms with Gasteiger partial charge in [-0.1, -0.05) is 6.07 Å². The molecule has 88 valence electrons. The average Bonchev–Trinajstić information content (AvgIpc) is 2.57. The molecule has 2 rings (SSSR count). The fourth-order valence-corrected chi connectivity index (χ4v) is 1.87. The van der Waals surface area contributed by atoms with Gasteiger partial charge in [-0.2, -0.15) is 5.10 Å². The molecular weight excluding hydrogens is 219 g/mol. The molecule has 0 spiro atoms. The van der Waals surface area contributed by atoms with Crippen LogP contribution in [-0.4, -0.2) is 15.6 Å². The number of carbonyl (C=O) groups excluding carboxylic acids is 1. The first-order valence-electron chi connectivity index (χ1n) is 5.34. The third-order valence-corrected chi connectivity index (χ3v) is 2.59. The fourth-order valence-electron chi connectivity index (χ4n) is 1.87. The van der Waals surface area contributed by atoms with Crippen LogP contribution in [0.1, 0.15) is 28.7 Å². The van der Waals surface area contributed by atoms with Gasteiger partial charge in [-0.3, -0.25) is 4.79 Å². The summed E-state index contributed by atoms with van der Waals surface area (Å²) in [6.45, 7) is 5.08. The lowest BCUT2D eigenvalue weighted by atomic mass is 10.1. The van der Waals surface area contributed by atoms with Gasteiger partial charge < -0.3 is 0 Å². The van der Waals surface area contributed by atoms with E-state index < -0.39 is 5.82 Å². The topological polar surface area (TPSA) is 34.9 Å². The number of aromatic nitrogens is 2. The van der Waals surface area contributed by atoms with Crippen molar-refractivity contribution < 1.29 is 9.18 Å². The SMILES string of the molecule is CC(=O)c1cccc(F)c1-n1nc(C)cc1C. The summed E-state index contributed by atoms with van der Waals surface area (Å²) in [5.74, 6) is -0.615. The Labute approximate surface area is 98.9 Å². The molecule has 17 heavy (non-hydrogen) atoms. The first-order chi connectivity index (χ1) is 8.00. The predicted octanol–water partition coefficient (Wildman–Crippen LogP) is 2.83. The standard InChI is InChI=1S/C13H13FN2O/c1-8-7-9(2)16(15-8)13-11(10(3)17)5-4-6-12(13)14/h4-7H,1-3H3. The molecule has 1 heterocycles. The molecule has 0 radical (unpaired) electrons. The van der Waals surface area contributed by atoms with Gasteiger partial charge in [-0.15, -0.1) is 0 Å². The van der Waals surface area contributed by atoms with Crippen molar-refractivity contribution in [2.75, 3.05) is 0 Å². The Hall–Kier alpha value is -1.97. The molecule has 3 nitrogen and oxygen atoms in total. The Morgan fingerprint density at radius 1 is 1.35 bits per heavy atom. The molecule has 0 fully saturated rings. The Balaban J connectivity index is 2.74. The number of hydrogen-bond acceptors (Lipinski definition) is 2. The molecule has 0 saturated heterocycles. The second-order valence-electron chi connectivity index (χ2n) is 4.03. The Morgan fingerprint density at radius 3 is 2.59 bits per heavy atom. The van der Waals surface area contributed by atoms with Crippen LogP contribution in [0.2, 0.25) is 0 Å². The minimum atomic E-state index is -0.441. The van der Waals surface area contributed by atoms with Crippen LogP contribution < -0.4 is 0 Å². The lowest BCUT2D eigenvalue weighted by Gasteiger charge is -2.10. The molecule has 2 aromatic rings. The summed E-state index contributed by atoms with van der Waals surface area (Å²) in [6, 6.07) is 6.31. The monoisotopic (exact) mass is 232 g/mol. The number of aryl methyl sites for hydroxylation is 2. The van der Waals surface area contributed by atoms with Crippen molar-refractivity contribution >= 4 is 5.78 Å². The molecule has 0 aliphatic carbocycles. The van der Waals surface area contributed by atoms with Gasteiger partial charge in [0.15, 0.2) is 5.78 Å². The van der Waals surface area contributed by atoms with E-state index in [1.54, 1.807) is 6.07 Å². The molecule has 0 aliphatic rings. The van der Waals surface area contributed by atoms with Crippen LogP contribution in [0, 0.1) is 19.7 Å². The fraction of sp³-hybridized carbons (Fsp3) is 0.231. The van der Waals surface area contributed by atoms with Gasteiger partial charge in [-0.25, -0.2) is 9.07 Å². The number of carbonyl (C=O) groups is 1. The minimum Gasteiger partial charge on any atom is -0.294 e.